The van der Waals surface area contributed by atoms with E-state index in [-0.39, 0.29) is 10.8 Å². The molecule has 3 aromatic heterocycles. The number of ether oxygens (including phenoxy) is 1. The molecule has 4 aromatic rings. The van der Waals surface area contributed by atoms with Gasteiger partial charge in [0.25, 0.3) is 5.91 Å². The quantitative estimate of drug-likeness (QED) is 0.433. The molecule has 0 atom stereocenters. The number of nitrogens with zero attached hydrogens (tertiary/aromatic N) is 3. The third-order valence-corrected chi connectivity index (χ3v) is 5.70. The predicted molar refractivity (Wildman–Crippen MR) is 111 cm³/mol. The van der Waals surface area contributed by atoms with Gasteiger partial charge in [-0.05, 0) is 61.4 Å². The van der Waals surface area contributed by atoms with Gasteiger partial charge < -0.3 is 10.1 Å². The summed E-state index contributed by atoms with van der Waals surface area (Å²) < 4.78 is 44.4. The molecule has 6 nitrogen and oxygen atoms in total. The molecule has 1 N–H and O–H groups in total. The van der Waals surface area contributed by atoms with Crippen LogP contribution in [0.1, 0.15) is 26.5 Å². The number of hydrogen-bond acceptors (Lipinski definition) is 6. The van der Waals surface area contributed by atoms with Crippen molar-refractivity contribution in [3.8, 4) is 11.8 Å². The summed E-state index contributed by atoms with van der Waals surface area (Å²) >= 11 is 0.928. The molecule has 0 aliphatic carbocycles. The standard InChI is InChI=1S/C21H15F3N4O2S/c1-11-10-13(30-20-25-8-3-9-26-20)4-6-15(11)27-18(29)17-12(2)14-5-7-16(21(22,23)24)28-19(14)31-17/h3-10H,1-2H3,(H,27,29). The molecule has 0 saturated heterocycles. The summed E-state index contributed by atoms with van der Waals surface area (Å²) in [5, 5.41) is 3.32. The van der Waals surface area contributed by atoms with E-state index in [1.165, 1.54) is 6.07 Å². The summed E-state index contributed by atoms with van der Waals surface area (Å²) in [7, 11) is 0. The molecule has 0 spiro atoms. The normalized spacial score (nSPS) is 11.5. The summed E-state index contributed by atoms with van der Waals surface area (Å²) in [4.78, 5) is 24.9. The molecule has 0 unspecified atom stereocenters. The van der Waals surface area contributed by atoms with Crippen molar-refractivity contribution in [3.05, 3.63) is 70.5 Å². The van der Waals surface area contributed by atoms with Crippen LogP contribution in [0.4, 0.5) is 18.9 Å². The van der Waals surface area contributed by atoms with Crippen LogP contribution in [-0.2, 0) is 6.18 Å². The van der Waals surface area contributed by atoms with E-state index >= 15 is 0 Å². The fourth-order valence-corrected chi connectivity index (χ4v) is 4.01. The third-order valence-electron chi connectivity index (χ3n) is 4.50. The number of rotatable bonds is 4. The van der Waals surface area contributed by atoms with Gasteiger partial charge >= 0.3 is 12.2 Å². The Hall–Kier alpha value is -3.53. The summed E-state index contributed by atoms with van der Waals surface area (Å²) in [6, 6.07) is 9.19. The minimum atomic E-state index is -4.54. The van der Waals surface area contributed by atoms with Crippen molar-refractivity contribution in [1.29, 1.82) is 0 Å². The van der Waals surface area contributed by atoms with E-state index in [1.54, 1.807) is 50.5 Å². The second-order valence-electron chi connectivity index (χ2n) is 6.67. The zero-order valence-corrected chi connectivity index (χ0v) is 17.1. The minimum absolute atomic E-state index is 0.167. The van der Waals surface area contributed by atoms with Gasteiger partial charge in [0.2, 0.25) is 0 Å². The molecule has 0 fully saturated rings. The van der Waals surface area contributed by atoms with Gasteiger partial charge in [-0.2, -0.15) is 13.2 Å². The van der Waals surface area contributed by atoms with E-state index in [2.05, 4.69) is 20.3 Å². The zero-order chi connectivity index (χ0) is 22.2. The highest BCUT2D eigenvalue weighted by atomic mass is 32.1. The molecule has 0 aliphatic rings. The number of anilines is 1. The molecule has 4 rings (SSSR count). The van der Waals surface area contributed by atoms with Crippen molar-refractivity contribution in [3.63, 3.8) is 0 Å². The molecule has 31 heavy (non-hydrogen) atoms. The Balaban J connectivity index is 1.56. The molecule has 0 radical (unpaired) electrons. The fraction of sp³-hybridized carbons (Fsp3) is 0.143. The number of aryl methyl sites for hydroxylation is 2. The largest absolute Gasteiger partial charge is 0.433 e. The number of pyridine rings is 1. The maximum absolute atomic E-state index is 12.9. The highest BCUT2D eigenvalue weighted by Gasteiger charge is 2.33. The van der Waals surface area contributed by atoms with Crippen LogP contribution in [0.2, 0.25) is 0 Å². The van der Waals surface area contributed by atoms with Crippen molar-refractivity contribution in [2.24, 2.45) is 0 Å². The number of aromatic nitrogens is 3. The molecule has 1 amide bonds. The number of alkyl halides is 3. The lowest BCUT2D eigenvalue weighted by molar-refractivity contribution is -0.140. The van der Waals surface area contributed by atoms with Crippen molar-refractivity contribution in [2.75, 3.05) is 5.32 Å². The van der Waals surface area contributed by atoms with Gasteiger partial charge in [0, 0.05) is 23.5 Å². The lowest BCUT2D eigenvalue weighted by Gasteiger charge is -2.10. The number of halogens is 3. The fourth-order valence-electron chi connectivity index (χ4n) is 2.94. The van der Waals surface area contributed by atoms with E-state index in [9.17, 15) is 18.0 Å². The summed E-state index contributed by atoms with van der Waals surface area (Å²) in [6.45, 7) is 3.48. The number of thiophene rings is 1. The lowest BCUT2D eigenvalue weighted by Crippen LogP contribution is -2.12. The Bertz CT molecular complexity index is 1270. The smallest absolute Gasteiger partial charge is 0.424 e. The first kappa shape index (κ1) is 20.7. The predicted octanol–water partition coefficient (Wildman–Crippen LogP) is 5.77. The van der Waals surface area contributed by atoms with Gasteiger partial charge in [-0.25, -0.2) is 15.0 Å². The molecule has 158 valence electrons. The number of amides is 1. The van der Waals surface area contributed by atoms with Crippen LogP contribution in [0.3, 0.4) is 0 Å². The average Bonchev–Trinajstić information content (AvgIpc) is 3.06. The minimum Gasteiger partial charge on any atom is -0.424 e. The van der Waals surface area contributed by atoms with Crippen molar-refractivity contribution >= 4 is 33.1 Å². The molecule has 0 bridgehead atoms. The Morgan fingerprint density at radius 1 is 1.10 bits per heavy atom. The highest BCUT2D eigenvalue weighted by molar-refractivity contribution is 7.20. The Labute approximate surface area is 178 Å². The Morgan fingerprint density at radius 2 is 1.84 bits per heavy atom. The maximum atomic E-state index is 12.9. The monoisotopic (exact) mass is 444 g/mol. The maximum Gasteiger partial charge on any atom is 0.433 e. The Kier molecular flexibility index (Phi) is 5.32. The van der Waals surface area contributed by atoms with Gasteiger partial charge in [-0.3, -0.25) is 4.79 Å². The molecule has 0 saturated carbocycles. The van der Waals surface area contributed by atoms with Crippen molar-refractivity contribution < 1.29 is 22.7 Å². The van der Waals surface area contributed by atoms with Gasteiger partial charge in [0.15, 0.2) is 0 Å². The number of hydrogen-bond donors (Lipinski definition) is 1. The van der Waals surface area contributed by atoms with E-state index in [0.29, 0.717) is 27.3 Å². The molecule has 1 aromatic carbocycles. The summed E-state index contributed by atoms with van der Waals surface area (Å²) in [6.07, 6.45) is -1.42. The zero-order valence-electron chi connectivity index (χ0n) is 16.3. The lowest BCUT2D eigenvalue weighted by atomic mass is 10.1. The topological polar surface area (TPSA) is 77.0 Å². The summed E-state index contributed by atoms with van der Waals surface area (Å²) in [5.41, 5.74) is 0.879. The molecule has 3 heterocycles. The van der Waals surface area contributed by atoms with Crippen molar-refractivity contribution in [1.82, 2.24) is 15.0 Å². The molecule has 0 aliphatic heterocycles. The van der Waals surface area contributed by atoms with Crippen LogP contribution in [-0.4, -0.2) is 20.9 Å². The number of carbonyl (C=O) groups excluding carboxylic acids is 1. The highest BCUT2D eigenvalue weighted by Crippen LogP contribution is 2.35. The van der Waals surface area contributed by atoms with Crippen LogP contribution in [0.15, 0.2) is 48.8 Å². The van der Waals surface area contributed by atoms with Crippen LogP contribution in [0.5, 0.6) is 11.8 Å². The Morgan fingerprint density at radius 3 is 2.52 bits per heavy atom. The van der Waals surface area contributed by atoms with E-state index in [0.717, 1.165) is 23.0 Å². The number of fused-ring (bicyclic) bond motifs is 1. The van der Waals surface area contributed by atoms with Gasteiger partial charge in [0.1, 0.15) is 16.3 Å². The second kappa shape index (κ2) is 7.95. The van der Waals surface area contributed by atoms with Crippen LogP contribution < -0.4 is 10.1 Å². The van der Waals surface area contributed by atoms with Gasteiger partial charge in [-0.1, -0.05) is 0 Å². The number of benzene rings is 1. The van der Waals surface area contributed by atoms with Crippen molar-refractivity contribution in [2.45, 2.75) is 20.0 Å². The van der Waals surface area contributed by atoms with Gasteiger partial charge in [-0.15, -0.1) is 11.3 Å². The first-order valence-corrected chi connectivity index (χ1v) is 9.88. The summed E-state index contributed by atoms with van der Waals surface area (Å²) in [5.74, 6) is 0.0841. The van der Waals surface area contributed by atoms with Crippen LogP contribution >= 0.6 is 11.3 Å². The van der Waals surface area contributed by atoms with Gasteiger partial charge in [0.05, 0.1) is 4.88 Å². The molecule has 10 heteroatoms. The van der Waals surface area contributed by atoms with Crippen LogP contribution in [0, 0.1) is 13.8 Å². The first-order chi connectivity index (χ1) is 14.7. The van der Waals surface area contributed by atoms with E-state index in [1.807, 2.05) is 0 Å². The number of carbonyl (C=O) groups is 1. The third kappa shape index (κ3) is 4.33. The average molecular weight is 444 g/mol. The van der Waals surface area contributed by atoms with Crippen LogP contribution in [0.25, 0.3) is 10.2 Å². The number of nitrogens with one attached hydrogen (secondary N) is 1. The second-order valence-corrected chi connectivity index (χ2v) is 7.67. The van der Waals surface area contributed by atoms with E-state index in [4.69, 9.17) is 4.74 Å². The molecular formula is C21H15F3N4O2S. The first-order valence-electron chi connectivity index (χ1n) is 9.06. The SMILES string of the molecule is Cc1cc(Oc2ncccn2)ccc1NC(=O)c1sc2nc(C(F)(F)F)ccc2c1C. The van der Waals surface area contributed by atoms with E-state index < -0.39 is 17.8 Å². The molecular weight excluding hydrogens is 429 g/mol.